The quantitative estimate of drug-likeness (QED) is 0.757. The molecule has 4 atom stereocenters. The first-order chi connectivity index (χ1) is 10.2. The Morgan fingerprint density at radius 1 is 0.952 bits per heavy atom. The van der Waals surface area contributed by atoms with E-state index in [0.717, 1.165) is 49.8 Å². The second kappa shape index (κ2) is 6.43. The van der Waals surface area contributed by atoms with Crippen LogP contribution in [0, 0.1) is 23.5 Å². The minimum absolute atomic E-state index is 0.320. The average Bonchev–Trinajstić information content (AvgIpc) is 2.46. The summed E-state index contributed by atoms with van der Waals surface area (Å²) in [6.45, 7) is 2.86. The molecular formula is C18H24F2O. The molecule has 2 aliphatic carbocycles. The third-order valence-corrected chi connectivity index (χ3v) is 5.32. The van der Waals surface area contributed by atoms with Gasteiger partial charge in [0.25, 0.3) is 0 Å². The van der Waals surface area contributed by atoms with E-state index in [1.807, 2.05) is 0 Å². The van der Waals surface area contributed by atoms with Crippen LogP contribution in [0.5, 0.6) is 0 Å². The lowest BCUT2D eigenvalue weighted by atomic mass is 9.65. The lowest BCUT2D eigenvalue weighted by Crippen LogP contribution is -2.33. The Kier molecular flexibility index (Phi) is 4.58. The van der Waals surface area contributed by atoms with Gasteiger partial charge in [0, 0.05) is 12.7 Å². The Morgan fingerprint density at radius 2 is 1.62 bits per heavy atom. The van der Waals surface area contributed by atoms with E-state index in [1.54, 1.807) is 0 Å². The highest BCUT2D eigenvalue weighted by Gasteiger charge is 2.36. The minimum atomic E-state index is -0.452. The van der Waals surface area contributed by atoms with Crippen molar-refractivity contribution in [1.29, 1.82) is 0 Å². The Hall–Kier alpha value is -0.960. The molecule has 0 N–H and O–H groups in total. The molecule has 3 heteroatoms. The third kappa shape index (κ3) is 3.45. The number of rotatable bonds is 3. The average molecular weight is 294 g/mol. The van der Waals surface area contributed by atoms with E-state index >= 15 is 0 Å². The van der Waals surface area contributed by atoms with Crippen molar-refractivity contribution < 1.29 is 13.5 Å². The largest absolute Gasteiger partial charge is 0.378 e. The lowest BCUT2D eigenvalue weighted by molar-refractivity contribution is -0.00957. The summed E-state index contributed by atoms with van der Waals surface area (Å²) >= 11 is 0. The molecule has 0 bridgehead atoms. The maximum Gasteiger partial charge on any atom is 0.126 e. The molecular weight excluding hydrogens is 270 g/mol. The molecule has 2 aliphatic rings. The van der Waals surface area contributed by atoms with Crippen LogP contribution in [0.2, 0.25) is 0 Å². The summed E-state index contributed by atoms with van der Waals surface area (Å²) < 4.78 is 32.6. The van der Waals surface area contributed by atoms with Crippen LogP contribution in [0.4, 0.5) is 8.78 Å². The van der Waals surface area contributed by atoms with Gasteiger partial charge in [0.2, 0.25) is 0 Å². The number of benzene rings is 1. The molecule has 1 nitrogen and oxygen atoms in total. The molecule has 0 aliphatic heterocycles. The molecule has 0 aromatic heterocycles. The number of ether oxygens (including phenoxy) is 1. The third-order valence-electron chi connectivity index (χ3n) is 5.32. The molecule has 3 rings (SSSR count). The van der Waals surface area contributed by atoms with Gasteiger partial charge in [0.15, 0.2) is 0 Å². The van der Waals surface area contributed by atoms with Crippen LogP contribution >= 0.6 is 0 Å². The first kappa shape index (κ1) is 15.0. The highest BCUT2D eigenvalue weighted by Crippen LogP contribution is 2.46. The fraction of sp³-hybridized carbons (Fsp3) is 0.667. The zero-order valence-electron chi connectivity index (χ0n) is 12.7. The van der Waals surface area contributed by atoms with Crippen molar-refractivity contribution in [3.63, 3.8) is 0 Å². The van der Waals surface area contributed by atoms with E-state index in [9.17, 15) is 8.78 Å². The molecule has 0 heterocycles. The van der Waals surface area contributed by atoms with Gasteiger partial charge in [0.05, 0.1) is 6.10 Å². The molecule has 0 amide bonds. The topological polar surface area (TPSA) is 9.23 Å². The number of hydrogen-bond acceptors (Lipinski definition) is 1. The van der Waals surface area contributed by atoms with Crippen molar-refractivity contribution >= 4 is 0 Å². The maximum atomic E-state index is 13.4. The highest BCUT2D eigenvalue weighted by molar-refractivity contribution is 5.22. The molecule has 0 radical (unpaired) electrons. The van der Waals surface area contributed by atoms with E-state index in [-0.39, 0.29) is 0 Å². The Balaban J connectivity index is 1.65. The van der Waals surface area contributed by atoms with Gasteiger partial charge in [-0.05, 0) is 80.9 Å². The normalized spacial score (nSPS) is 32.7. The van der Waals surface area contributed by atoms with Crippen LogP contribution in [0.25, 0.3) is 0 Å². The van der Waals surface area contributed by atoms with Gasteiger partial charge in [-0.25, -0.2) is 8.78 Å². The SMILES string of the molecule is CCOC1CCC2CC(c3cc(F)cc(F)c3)CCC2C1. The summed E-state index contributed by atoms with van der Waals surface area (Å²) in [4.78, 5) is 0. The fourth-order valence-corrected chi connectivity index (χ4v) is 4.35. The fourth-order valence-electron chi connectivity index (χ4n) is 4.35. The standard InChI is InChI=1S/C18H24F2O/c1-2-21-18-6-5-12-7-13(3-4-14(12)10-18)15-8-16(19)11-17(20)9-15/h8-9,11-14,18H,2-7,10H2,1H3. The predicted octanol–water partition coefficient (Wildman–Crippen LogP) is 5.05. The van der Waals surface area contributed by atoms with Gasteiger partial charge < -0.3 is 4.74 Å². The number of hydrogen-bond donors (Lipinski definition) is 0. The Morgan fingerprint density at radius 3 is 2.33 bits per heavy atom. The molecule has 0 spiro atoms. The molecule has 2 saturated carbocycles. The van der Waals surface area contributed by atoms with Crippen molar-refractivity contribution in [2.75, 3.05) is 6.61 Å². The van der Waals surface area contributed by atoms with Crippen LogP contribution in [-0.4, -0.2) is 12.7 Å². The summed E-state index contributed by atoms with van der Waals surface area (Å²) in [7, 11) is 0. The molecule has 1 aromatic carbocycles. The number of halogens is 2. The number of fused-ring (bicyclic) bond motifs is 1. The first-order valence-corrected chi connectivity index (χ1v) is 8.23. The summed E-state index contributed by atoms with van der Waals surface area (Å²) in [5, 5.41) is 0. The van der Waals surface area contributed by atoms with Crippen LogP contribution < -0.4 is 0 Å². The highest BCUT2D eigenvalue weighted by atomic mass is 19.1. The summed E-state index contributed by atoms with van der Waals surface area (Å²) in [5.41, 5.74) is 0.845. The second-order valence-electron chi connectivity index (χ2n) is 6.62. The Bertz CT molecular complexity index is 468. The van der Waals surface area contributed by atoms with Gasteiger partial charge in [-0.1, -0.05) is 0 Å². The van der Waals surface area contributed by atoms with E-state index in [0.29, 0.717) is 17.9 Å². The minimum Gasteiger partial charge on any atom is -0.378 e. The molecule has 2 fully saturated rings. The first-order valence-electron chi connectivity index (χ1n) is 8.23. The molecule has 116 valence electrons. The molecule has 1 aromatic rings. The Labute approximate surface area is 125 Å². The molecule has 4 unspecified atom stereocenters. The zero-order valence-corrected chi connectivity index (χ0v) is 12.7. The van der Waals surface area contributed by atoms with Crippen molar-refractivity contribution in [1.82, 2.24) is 0 Å². The van der Waals surface area contributed by atoms with Gasteiger partial charge in [-0.15, -0.1) is 0 Å². The second-order valence-corrected chi connectivity index (χ2v) is 6.62. The van der Waals surface area contributed by atoms with Crippen LogP contribution in [0.1, 0.15) is 56.9 Å². The van der Waals surface area contributed by atoms with Crippen molar-refractivity contribution in [3.8, 4) is 0 Å². The van der Waals surface area contributed by atoms with Crippen molar-refractivity contribution in [2.24, 2.45) is 11.8 Å². The molecule has 0 saturated heterocycles. The maximum absolute atomic E-state index is 13.4. The smallest absolute Gasteiger partial charge is 0.126 e. The van der Waals surface area contributed by atoms with Gasteiger partial charge >= 0.3 is 0 Å². The van der Waals surface area contributed by atoms with Crippen LogP contribution in [0.15, 0.2) is 18.2 Å². The van der Waals surface area contributed by atoms with Crippen molar-refractivity contribution in [3.05, 3.63) is 35.4 Å². The predicted molar refractivity (Wildman–Crippen MR) is 79.2 cm³/mol. The lowest BCUT2D eigenvalue weighted by Gasteiger charge is -2.42. The van der Waals surface area contributed by atoms with E-state index in [4.69, 9.17) is 4.74 Å². The van der Waals surface area contributed by atoms with Gasteiger partial charge in [-0.2, -0.15) is 0 Å². The summed E-state index contributed by atoms with van der Waals surface area (Å²) in [6.07, 6.45) is 7.22. The molecule has 21 heavy (non-hydrogen) atoms. The summed E-state index contributed by atoms with van der Waals surface area (Å²) in [6, 6.07) is 3.99. The van der Waals surface area contributed by atoms with Crippen LogP contribution in [-0.2, 0) is 4.74 Å². The zero-order chi connectivity index (χ0) is 14.8. The van der Waals surface area contributed by atoms with Gasteiger partial charge in [0.1, 0.15) is 11.6 Å². The van der Waals surface area contributed by atoms with Gasteiger partial charge in [-0.3, -0.25) is 0 Å². The summed E-state index contributed by atoms with van der Waals surface area (Å²) in [5.74, 6) is 0.858. The van der Waals surface area contributed by atoms with Crippen molar-refractivity contribution in [2.45, 2.75) is 57.5 Å². The van der Waals surface area contributed by atoms with E-state index in [2.05, 4.69) is 6.92 Å². The van der Waals surface area contributed by atoms with E-state index in [1.165, 1.54) is 25.0 Å². The van der Waals surface area contributed by atoms with Crippen LogP contribution in [0.3, 0.4) is 0 Å². The van der Waals surface area contributed by atoms with E-state index < -0.39 is 11.6 Å². The monoisotopic (exact) mass is 294 g/mol.